The summed E-state index contributed by atoms with van der Waals surface area (Å²) in [5.74, 6) is -0.460. The van der Waals surface area contributed by atoms with Gasteiger partial charge in [0.15, 0.2) is 11.3 Å². The molecule has 8 nitrogen and oxygen atoms in total. The van der Waals surface area contributed by atoms with Gasteiger partial charge >= 0.3 is 0 Å². The minimum absolute atomic E-state index is 0.0976. The number of amides is 1. The molecular formula is C18H16N6O2. The highest BCUT2D eigenvalue weighted by molar-refractivity contribution is 6.10. The summed E-state index contributed by atoms with van der Waals surface area (Å²) in [4.78, 5) is 25.3. The number of anilines is 1. The second kappa shape index (κ2) is 5.41. The summed E-state index contributed by atoms with van der Waals surface area (Å²) >= 11 is 0. The van der Waals surface area contributed by atoms with Crippen LogP contribution < -0.4 is 11.5 Å². The van der Waals surface area contributed by atoms with Crippen LogP contribution in [0.4, 0.5) is 5.82 Å². The maximum absolute atomic E-state index is 12.0. The highest BCUT2D eigenvalue weighted by Crippen LogP contribution is 2.35. The predicted molar refractivity (Wildman–Crippen MR) is 98.2 cm³/mol. The van der Waals surface area contributed by atoms with Gasteiger partial charge in [0, 0.05) is 11.8 Å². The maximum atomic E-state index is 12.0. The fourth-order valence-electron chi connectivity index (χ4n) is 3.19. The van der Waals surface area contributed by atoms with E-state index in [1.165, 1.54) is 0 Å². The van der Waals surface area contributed by atoms with E-state index in [-0.39, 0.29) is 17.1 Å². The van der Waals surface area contributed by atoms with Gasteiger partial charge in [-0.2, -0.15) is 0 Å². The average molecular weight is 348 g/mol. The van der Waals surface area contributed by atoms with Gasteiger partial charge in [-0.1, -0.05) is 6.07 Å². The zero-order valence-corrected chi connectivity index (χ0v) is 14.2. The standard InChI is InChI=1S/C18H16N6O2/c1-8-5-6-11(25)9(2)14(8)24-15(19)12(16(20)26)13-18(24)23-17-10(22-13)4-3-7-21-17/h3-7,25H,19H2,1-2H3,(H2,20,26). The molecule has 0 aliphatic carbocycles. The minimum atomic E-state index is -0.695. The average Bonchev–Trinajstić information content (AvgIpc) is 2.88. The third kappa shape index (κ3) is 2.08. The molecule has 4 rings (SSSR count). The summed E-state index contributed by atoms with van der Waals surface area (Å²) in [6.07, 6.45) is 1.61. The first-order valence-electron chi connectivity index (χ1n) is 7.92. The SMILES string of the molecule is Cc1ccc(O)c(C)c1-n1c(N)c(C(N)=O)c2nc3cccnc3nc21. The lowest BCUT2D eigenvalue weighted by atomic mass is 10.1. The first-order chi connectivity index (χ1) is 12.4. The summed E-state index contributed by atoms with van der Waals surface area (Å²) in [6.45, 7) is 3.64. The number of nitrogen functional groups attached to an aromatic ring is 1. The zero-order valence-electron chi connectivity index (χ0n) is 14.2. The summed E-state index contributed by atoms with van der Waals surface area (Å²) < 4.78 is 1.60. The van der Waals surface area contributed by atoms with Crippen molar-refractivity contribution in [3.8, 4) is 11.4 Å². The second-order valence-corrected chi connectivity index (χ2v) is 6.08. The van der Waals surface area contributed by atoms with Crippen LogP contribution in [-0.4, -0.2) is 30.5 Å². The number of carbonyl (C=O) groups is 1. The smallest absolute Gasteiger partial charge is 0.254 e. The summed E-state index contributed by atoms with van der Waals surface area (Å²) in [5.41, 5.74) is 15.6. The molecule has 4 aromatic rings. The van der Waals surface area contributed by atoms with Crippen LogP contribution >= 0.6 is 0 Å². The number of phenols is 1. The van der Waals surface area contributed by atoms with E-state index in [1.54, 1.807) is 42.0 Å². The Bertz CT molecular complexity index is 1210. The summed E-state index contributed by atoms with van der Waals surface area (Å²) in [6, 6.07) is 6.85. The number of fused-ring (bicyclic) bond motifs is 2. The molecule has 0 aliphatic heterocycles. The number of carbonyl (C=O) groups excluding carboxylic acids is 1. The van der Waals surface area contributed by atoms with Crippen molar-refractivity contribution in [3.05, 3.63) is 47.2 Å². The molecule has 8 heteroatoms. The molecule has 26 heavy (non-hydrogen) atoms. The van der Waals surface area contributed by atoms with Crippen LogP contribution in [-0.2, 0) is 0 Å². The van der Waals surface area contributed by atoms with E-state index in [4.69, 9.17) is 11.5 Å². The largest absolute Gasteiger partial charge is 0.508 e. The van der Waals surface area contributed by atoms with E-state index in [1.807, 2.05) is 6.92 Å². The number of nitrogens with two attached hydrogens (primary N) is 2. The predicted octanol–water partition coefficient (Wildman–Crippen LogP) is 1.97. The lowest BCUT2D eigenvalue weighted by Crippen LogP contribution is -2.14. The monoisotopic (exact) mass is 348 g/mol. The maximum Gasteiger partial charge on any atom is 0.254 e. The number of primary amides is 1. The quantitative estimate of drug-likeness (QED) is 0.507. The van der Waals surface area contributed by atoms with Crippen LogP contribution in [0, 0.1) is 13.8 Å². The molecule has 130 valence electrons. The summed E-state index contributed by atoms with van der Waals surface area (Å²) in [5, 5.41) is 10.1. The zero-order chi connectivity index (χ0) is 18.6. The normalized spacial score (nSPS) is 11.3. The highest BCUT2D eigenvalue weighted by atomic mass is 16.3. The van der Waals surface area contributed by atoms with Gasteiger partial charge in [0.2, 0.25) is 0 Å². The Labute approximate surface area is 148 Å². The molecule has 0 radical (unpaired) electrons. The van der Waals surface area contributed by atoms with Gasteiger partial charge in [0.1, 0.15) is 28.2 Å². The molecule has 0 fully saturated rings. The number of aryl methyl sites for hydroxylation is 1. The van der Waals surface area contributed by atoms with E-state index in [0.29, 0.717) is 33.6 Å². The molecule has 0 saturated carbocycles. The number of nitrogens with zero attached hydrogens (tertiary/aromatic N) is 4. The fraction of sp³-hybridized carbons (Fsp3) is 0.111. The van der Waals surface area contributed by atoms with Gasteiger partial charge in [-0.25, -0.2) is 15.0 Å². The van der Waals surface area contributed by atoms with Gasteiger partial charge in [0.05, 0.1) is 5.69 Å². The molecular weight excluding hydrogens is 332 g/mol. The van der Waals surface area contributed by atoms with E-state index >= 15 is 0 Å². The number of aromatic nitrogens is 4. The molecule has 1 amide bonds. The van der Waals surface area contributed by atoms with Crippen LogP contribution in [0.1, 0.15) is 21.5 Å². The van der Waals surface area contributed by atoms with Crippen LogP contribution in [0.15, 0.2) is 30.5 Å². The van der Waals surface area contributed by atoms with E-state index in [9.17, 15) is 9.90 Å². The van der Waals surface area contributed by atoms with Crippen LogP contribution in [0.5, 0.6) is 5.75 Å². The third-order valence-electron chi connectivity index (χ3n) is 4.44. The van der Waals surface area contributed by atoms with Crippen molar-refractivity contribution in [3.63, 3.8) is 0 Å². The number of hydrogen-bond acceptors (Lipinski definition) is 6. The third-order valence-corrected chi connectivity index (χ3v) is 4.44. The molecule has 0 saturated heterocycles. The molecule has 0 aliphatic rings. The molecule has 0 atom stereocenters. The Morgan fingerprint density at radius 1 is 1.19 bits per heavy atom. The number of aromatic hydroxyl groups is 1. The fourth-order valence-corrected chi connectivity index (χ4v) is 3.19. The Morgan fingerprint density at radius 2 is 1.96 bits per heavy atom. The first-order valence-corrected chi connectivity index (χ1v) is 7.92. The minimum Gasteiger partial charge on any atom is -0.508 e. The van der Waals surface area contributed by atoms with Crippen LogP contribution in [0.2, 0.25) is 0 Å². The van der Waals surface area contributed by atoms with Gasteiger partial charge < -0.3 is 16.6 Å². The second-order valence-electron chi connectivity index (χ2n) is 6.08. The van der Waals surface area contributed by atoms with Crippen molar-refractivity contribution in [2.24, 2.45) is 5.73 Å². The number of phenolic OH excluding ortho intramolecular Hbond substituents is 1. The molecule has 1 aromatic carbocycles. The van der Waals surface area contributed by atoms with Crippen molar-refractivity contribution in [2.45, 2.75) is 13.8 Å². The van der Waals surface area contributed by atoms with Gasteiger partial charge in [-0.3, -0.25) is 9.36 Å². The number of hydrogen-bond donors (Lipinski definition) is 3. The molecule has 0 spiro atoms. The Morgan fingerprint density at radius 3 is 2.69 bits per heavy atom. The van der Waals surface area contributed by atoms with E-state index < -0.39 is 5.91 Å². The van der Waals surface area contributed by atoms with Crippen molar-refractivity contribution < 1.29 is 9.90 Å². The highest BCUT2D eigenvalue weighted by Gasteiger charge is 2.25. The van der Waals surface area contributed by atoms with Crippen molar-refractivity contribution in [1.82, 2.24) is 19.5 Å². The van der Waals surface area contributed by atoms with Crippen LogP contribution in [0.25, 0.3) is 28.0 Å². The Balaban J connectivity index is 2.23. The molecule has 5 N–H and O–H groups in total. The van der Waals surface area contributed by atoms with Gasteiger partial charge in [-0.05, 0) is 37.6 Å². The molecule has 3 aromatic heterocycles. The van der Waals surface area contributed by atoms with Gasteiger partial charge in [0.25, 0.3) is 5.91 Å². The van der Waals surface area contributed by atoms with Gasteiger partial charge in [-0.15, -0.1) is 0 Å². The lowest BCUT2D eigenvalue weighted by molar-refractivity contribution is 0.100. The van der Waals surface area contributed by atoms with Crippen molar-refractivity contribution >= 4 is 34.1 Å². The Hall–Kier alpha value is -3.68. The Kier molecular flexibility index (Phi) is 3.30. The summed E-state index contributed by atoms with van der Waals surface area (Å²) in [7, 11) is 0. The molecule has 3 heterocycles. The number of pyridine rings is 1. The van der Waals surface area contributed by atoms with E-state index in [2.05, 4.69) is 15.0 Å². The lowest BCUT2D eigenvalue weighted by Gasteiger charge is -2.15. The van der Waals surface area contributed by atoms with Crippen LogP contribution in [0.3, 0.4) is 0 Å². The number of benzene rings is 1. The molecule has 0 unspecified atom stereocenters. The number of rotatable bonds is 2. The molecule has 0 bridgehead atoms. The van der Waals surface area contributed by atoms with Crippen molar-refractivity contribution in [2.75, 3.05) is 5.73 Å². The first kappa shape index (κ1) is 15.8. The van der Waals surface area contributed by atoms with E-state index in [0.717, 1.165) is 5.56 Å². The topological polar surface area (TPSA) is 133 Å². The van der Waals surface area contributed by atoms with Crippen molar-refractivity contribution in [1.29, 1.82) is 0 Å².